The molecule has 1 saturated heterocycles. The fraction of sp³-hybridized carbons (Fsp3) is 0.500. The van der Waals surface area contributed by atoms with E-state index in [0.717, 1.165) is 0 Å². The lowest BCUT2D eigenvalue weighted by molar-refractivity contribution is 0.379. The van der Waals surface area contributed by atoms with Gasteiger partial charge in [-0.05, 0) is 13.0 Å². The molecule has 2 rings (SSSR count). The van der Waals surface area contributed by atoms with Gasteiger partial charge in [-0.15, -0.1) is 0 Å². The first-order valence-corrected chi connectivity index (χ1v) is 5.97. The monoisotopic (exact) mass is 280 g/mol. The molecule has 1 aromatic rings. The predicted molar refractivity (Wildman–Crippen MR) is 60.5 cm³/mol. The molecule has 2 nitrogen and oxygen atoms in total. The van der Waals surface area contributed by atoms with Crippen LogP contribution in [0.25, 0.3) is 0 Å². The highest BCUT2D eigenvalue weighted by Gasteiger charge is 2.32. The van der Waals surface area contributed by atoms with Crippen molar-refractivity contribution in [2.24, 2.45) is 0 Å². The molecule has 0 saturated carbocycles. The maximum Gasteiger partial charge on any atom is 0.200 e. The third-order valence-electron chi connectivity index (χ3n) is 3.18. The van der Waals surface area contributed by atoms with Crippen LogP contribution in [0.1, 0.15) is 13.3 Å². The average molecular weight is 280 g/mol. The maximum atomic E-state index is 13.6. The Morgan fingerprint density at radius 3 is 2.05 bits per heavy atom. The third-order valence-corrected chi connectivity index (χ3v) is 3.18. The molecule has 0 aromatic heterocycles. The molecule has 19 heavy (non-hydrogen) atoms. The minimum absolute atomic E-state index is 0.0139. The van der Waals surface area contributed by atoms with Gasteiger partial charge in [0, 0.05) is 19.1 Å². The van der Waals surface area contributed by atoms with Crippen LogP contribution in [-0.2, 0) is 0 Å². The van der Waals surface area contributed by atoms with Crippen LogP contribution < -0.4 is 10.2 Å². The van der Waals surface area contributed by atoms with Crippen LogP contribution in [0.4, 0.5) is 27.6 Å². The van der Waals surface area contributed by atoms with E-state index in [1.165, 1.54) is 4.90 Å². The standard InChI is InChI=1S/C12H13F5N2/c1-2-18-6-3-4-19(5-6)12-10(16)8(14)7(13)9(15)11(12)17/h6,18H,2-5H2,1H3. The number of rotatable bonds is 3. The number of hydrogen-bond acceptors (Lipinski definition) is 2. The molecule has 1 N–H and O–H groups in total. The molecule has 7 heteroatoms. The average Bonchev–Trinajstić information content (AvgIpc) is 2.83. The molecule has 1 atom stereocenters. The van der Waals surface area contributed by atoms with Crippen LogP contribution in [0.3, 0.4) is 0 Å². The van der Waals surface area contributed by atoms with E-state index in [9.17, 15) is 22.0 Å². The first kappa shape index (κ1) is 14.0. The van der Waals surface area contributed by atoms with Gasteiger partial charge >= 0.3 is 0 Å². The van der Waals surface area contributed by atoms with Crippen LogP contribution in [0, 0.1) is 29.1 Å². The van der Waals surface area contributed by atoms with Gasteiger partial charge in [-0.2, -0.15) is 0 Å². The summed E-state index contributed by atoms with van der Waals surface area (Å²) in [6.45, 7) is 3.01. The zero-order chi connectivity index (χ0) is 14.2. The van der Waals surface area contributed by atoms with Gasteiger partial charge in [-0.1, -0.05) is 6.92 Å². The Hall–Kier alpha value is -1.37. The SMILES string of the molecule is CCNC1CCN(c2c(F)c(F)c(F)c(F)c2F)C1. The summed E-state index contributed by atoms with van der Waals surface area (Å²) in [6, 6.07) is -0.0139. The number of benzene rings is 1. The second-order valence-corrected chi connectivity index (χ2v) is 4.41. The van der Waals surface area contributed by atoms with Gasteiger partial charge in [-0.25, -0.2) is 22.0 Å². The number of halogens is 5. The molecular weight excluding hydrogens is 267 g/mol. The van der Waals surface area contributed by atoms with E-state index in [1.54, 1.807) is 0 Å². The van der Waals surface area contributed by atoms with E-state index >= 15 is 0 Å². The number of nitrogens with one attached hydrogen (secondary N) is 1. The Balaban J connectivity index is 2.36. The van der Waals surface area contributed by atoms with Gasteiger partial charge in [-0.3, -0.25) is 0 Å². The summed E-state index contributed by atoms with van der Waals surface area (Å²) in [5, 5.41) is 3.08. The van der Waals surface area contributed by atoms with Crippen molar-refractivity contribution in [2.75, 3.05) is 24.5 Å². The van der Waals surface area contributed by atoms with E-state index in [1.807, 2.05) is 6.92 Å². The van der Waals surface area contributed by atoms with Crippen molar-refractivity contribution in [3.63, 3.8) is 0 Å². The number of hydrogen-bond donors (Lipinski definition) is 1. The highest BCUT2D eigenvalue weighted by atomic mass is 19.2. The fourth-order valence-corrected chi connectivity index (χ4v) is 2.29. The van der Waals surface area contributed by atoms with E-state index in [2.05, 4.69) is 5.32 Å². The Morgan fingerprint density at radius 2 is 1.53 bits per heavy atom. The van der Waals surface area contributed by atoms with Crippen molar-refractivity contribution in [3.8, 4) is 0 Å². The first-order chi connectivity index (χ1) is 8.97. The summed E-state index contributed by atoms with van der Waals surface area (Å²) in [7, 11) is 0. The zero-order valence-corrected chi connectivity index (χ0v) is 10.2. The molecule has 0 spiro atoms. The lowest BCUT2D eigenvalue weighted by Gasteiger charge is -2.21. The van der Waals surface area contributed by atoms with Crippen molar-refractivity contribution in [1.29, 1.82) is 0 Å². The summed E-state index contributed by atoms with van der Waals surface area (Å²) >= 11 is 0. The highest BCUT2D eigenvalue weighted by molar-refractivity contribution is 5.51. The third kappa shape index (κ3) is 2.39. The van der Waals surface area contributed by atoms with Crippen molar-refractivity contribution in [1.82, 2.24) is 5.32 Å². The van der Waals surface area contributed by atoms with Crippen LogP contribution in [0.5, 0.6) is 0 Å². The molecule has 1 fully saturated rings. The van der Waals surface area contributed by atoms with Gasteiger partial charge in [0.05, 0.1) is 0 Å². The summed E-state index contributed by atoms with van der Waals surface area (Å²) in [5.74, 6) is -9.47. The molecule has 0 amide bonds. The molecular formula is C12H13F5N2. The quantitative estimate of drug-likeness (QED) is 0.520. The van der Waals surface area contributed by atoms with Gasteiger partial charge < -0.3 is 10.2 Å². The van der Waals surface area contributed by atoms with Crippen molar-refractivity contribution in [2.45, 2.75) is 19.4 Å². The van der Waals surface area contributed by atoms with Crippen LogP contribution in [0.2, 0.25) is 0 Å². The molecule has 106 valence electrons. The zero-order valence-electron chi connectivity index (χ0n) is 10.2. The summed E-state index contributed by atoms with van der Waals surface area (Å²) in [5.41, 5.74) is -0.836. The van der Waals surface area contributed by atoms with Gasteiger partial charge in [0.1, 0.15) is 5.69 Å². The minimum Gasteiger partial charge on any atom is -0.365 e. The highest BCUT2D eigenvalue weighted by Crippen LogP contribution is 2.32. The van der Waals surface area contributed by atoms with Crippen molar-refractivity contribution >= 4 is 5.69 Å². The number of nitrogens with zero attached hydrogens (tertiary/aromatic N) is 1. The Labute approximate surface area is 107 Å². The summed E-state index contributed by atoms with van der Waals surface area (Å²) in [6.07, 6.45) is 0.591. The lowest BCUT2D eigenvalue weighted by atomic mass is 10.2. The van der Waals surface area contributed by atoms with E-state index in [-0.39, 0.29) is 19.1 Å². The lowest BCUT2D eigenvalue weighted by Crippen LogP contribution is -2.33. The Morgan fingerprint density at radius 1 is 1.00 bits per heavy atom. The van der Waals surface area contributed by atoms with E-state index in [4.69, 9.17) is 0 Å². The Kier molecular flexibility index (Phi) is 3.93. The van der Waals surface area contributed by atoms with Crippen LogP contribution in [0.15, 0.2) is 0 Å². The number of likely N-dealkylation sites (N-methyl/N-ethyl adjacent to an activating group) is 1. The topological polar surface area (TPSA) is 15.3 Å². The molecule has 1 unspecified atom stereocenters. The van der Waals surface area contributed by atoms with E-state index in [0.29, 0.717) is 13.0 Å². The van der Waals surface area contributed by atoms with Gasteiger partial charge in [0.15, 0.2) is 23.3 Å². The molecule has 0 radical (unpaired) electrons. The molecule has 0 aliphatic carbocycles. The number of anilines is 1. The molecule has 1 aromatic carbocycles. The smallest absolute Gasteiger partial charge is 0.200 e. The second-order valence-electron chi connectivity index (χ2n) is 4.41. The second kappa shape index (κ2) is 5.32. The van der Waals surface area contributed by atoms with Gasteiger partial charge in [0.25, 0.3) is 0 Å². The van der Waals surface area contributed by atoms with E-state index < -0.39 is 34.8 Å². The molecule has 0 bridgehead atoms. The minimum atomic E-state index is -2.12. The summed E-state index contributed by atoms with van der Waals surface area (Å²) in [4.78, 5) is 1.18. The molecule has 1 aliphatic rings. The summed E-state index contributed by atoms with van der Waals surface area (Å²) < 4.78 is 66.3. The maximum absolute atomic E-state index is 13.6. The largest absolute Gasteiger partial charge is 0.365 e. The van der Waals surface area contributed by atoms with Crippen molar-refractivity contribution in [3.05, 3.63) is 29.1 Å². The molecule has 1 heterocycles. The predicted octanol–water partition coefficient (Wildman–Crippen LogP) is 2.57. The Bertz CT molecular complexity index is 462. The van der Waals surface area contributed by atoms with Crippen molar-refractivity contribution < 1.29 is 22.0 Å². The van der Waals surface area contributed by atoms with Crippen LogP contribution >= 0.6 is 0 Å². The normalized spacial score (nSPS) is 19.3. The van der Waals surface area contributed by atoms with Gasteiger partial charge in [0.2, 0.25) is 5.82 Å². The fourth-order valence-electron chi connectivity index (χ4n) is 2.29. The molecule has 1 aliphatic heterocycles. The first-order valence-electron chi connectivity index (χ1n) is 5.97. The van der Waals surface area contributed by atoms with Crippen LogP contribution in [-0.4, -0.2) is 25.7 Å².